The molecule has 0 bridgehead atoms. The molecule has 0 saturated carbocycles. The van der Waals surface area contributed by atoms with Gasteiger partial charge >= 0.3 is 6.61 Å². The van der Waals surface area contributed by atoms with Crippen LogP contribution in [-0.4, -0.2) is 45.5 Å². The third kappa shape index (κ3) is 4.99. The maximum atomic E-state index is 12.2. The number of nitrogens with one attached hydrogen (secondary N) is 3. The van der Waals surface area contributed by atoms with Gasteiger partial charge in [-0.2, -0.15) is 18.9 Å². The Morgan fingerprint density at radius 3 is 2.96 bits per heavy atom. The van der Waals surface area contributed by atoms with Gasteiger partial charge in [0.25, 0.3) is 0 Å². The molecule has 3 heterocycles. The van der Waals surface area contributed by atoms with Gasteiger partial charge in [-0.05, 0) is 39.3 Å². The molecule has 1 aliphatic rings. The first-order valence-electron chi connectivity index (χ1n) is 8.01. The molecule has 0 spiro atoms. The molecule has 1 saturated heterocycles. The lowest BCUT2D eigenvalue weighted by Crippen LogP contribution is -2.33. The van der Waals surface area contributed by atoms with Gasteiger partial charge in [0, 0.05) is 6.07 Å². The number of halogens is 2. The summed E-state index contributed by atoms with van der Waals surface area (Å²) in [5.41, 5.74) is -0.304. The molecular weight excluding hydrogens is 334 g/mol. The Morgan fingerprint density at radius 1 is 1.24 bits per heavy atom. The van der Waals surface area contributed by atoms with Crippen LogP contribution in [0.5, 0.6) is 11.8 Å². The number of alkyl halides is 2. The molecular formula is C15H20F2N6O2. The summed E-state index contributed by atoms with van der Waals surface area (Å²) in [7, 11) is 0. The molecule has 0 unspecified atom stereocenters. The molecule has 10 heteroatoms. The van der Waals surface area contributed by atoms with E-state index in [9.17, 15) is 8.78 Å². The summed E-state index contributed by atoms with van der Waals surface area (Å²) in [5.74, 6) is 0.931. The van der Waals surface area contributed by atoms with Crippen molar-refractivity contribution in [1.82, 2.24) is 25.5 Å². The lowest BCUT2D eigenvalue weighted by atomic mass is 9.97. The van der Waals surface area contributed by atoms with E-state index in [1.54, 1.807) is 6.20 Å². The molecule has 3 N–H and O–H groups in total. The van der Waals surface area contributed by atoms with Gasteiger partial charge < -0.3 is 20.1 Å². The summed E-state index contributed by atoms with van der Waals surface area (Å²) in [5, 5.41) is 12.4. The molecule has 0 aliphatic carbocycles. The van der Waals surface area contributed by atoms with Crippen LogP contribution in [-0.2, 0) is 0 Å². The van der Waals surface area contributed by atoms with Crippen LogP contribution in [0.25, 0.3) is 0 Å². The molecule has 2 aromatic heterocycles. The second kappa shape index (κ2) is 7.60. The Labute approximate surface area is 143 Å². The Bertz CT molecular complexity index is 688. The Balaban J connectivity index is 1.65. The van der Waals surface area contributed by atoms with Crippen molar-refractivity contribution in [3.05, 3.63) is 18.5 Å². The minimum atomic E-state index is -2.92. The van der Waals surface area contributed by atoms with Crippen molar-refractivity contribution in [3.63, 3.8) is 0 Å². The smallest absolute Gasteiger partial charge is 0.388 e. The third-order valence-electron chi connectivity index (χ3n) is 3.88. The summed E-state index contributed by atoms with van der Waals surface area (Å²) in [6.45, 7) is 1.01. The zero-order chi connectivity index (χ0) is 17.7. The van der Waals surface area contributed by atoms with Crippen LogP contribution < -0.4 is 20.1 Å². The largest absolute Gasteiger partial charge is 0.470 e. The monoisotopic (exact) mass is 354 g/mol. The number of H-pyrrole nitrogens is 1. The second-order valence-electron chi connectivity index (χ2n) is 6.02. The van der Waals surface area contributed by atoms with Crippen LogP contribution >= 0.6 is 0 Å². The first-order valence-corrected chi connectivity index (χ1v) is 8.01. The van der Waals surface area contributed by atoms with Crippen LogP contribution in [0.4, 0.5) is 20.4 Å². The number of nitrogens with zero attached hydrogens (tertiary/aromatic N) is 3. The second-order valence-corrected chi connectivity index (χ2v) is 6.02. The van der Waals surface area contributed by atoms with Gasteiger partial charge in [0.15, 0.2) is 11.6 Å². The lowest BCUT2D eigenvalue weighted by Gasteiger charge is -2.28. The van der Waals surface area contributed by atoms with E-state index in [-0.39, 0.29) is 17.3 Å². The fourth-order valence-electron chi connectivity index (χ4n) is 2.66. The third-order valence-corrected chi connectivity index (χ3v) is 3.88. The molecule has 8 nitrogen and oxygen atoms in total. The highest BCUT2D eigenvalue weighted by Crippen LogP contribution is 2.26. The normalized spacial score (nSPS) is 21.0. The van der Waals surface area contributed by atoms with E-state index in [0.29, 0.717) is 11.7 Å². The van der Waals surface area contributed by atoms with Crippen LogP contribution in [0.2, 0.25) is 0 Å². The molecule has 1 fully saturated rings. The van der Waals surface area contributed by atoms with Gasteiger partial charge in [-0.1, -0.05) is 0 Å². The Hall–Kier alpha value is -2.49. The Morgan fingerprint density at radius 2 is 2.12 bits per heavy atom. The highest BCUT2D eigenvalue weighted by Gasteiger charge is 2.28. The first kappa shape index (κ1) is 17.3. The molecule has 3 rings (SSSR count). The number of rotatable bonds is 6. The van der Waals surface area contributed by atoms with Crippen molar-refractivity contribution < 1.29 is 18.3 Å². The van der Waals surface area contributed by atoms with E-state index in [1.807, 2.05) is 0 Å². The van der Waals surface area contributed by atoms with Crippen molar-refractivity contribution in [2.24, 2.45) is 0 Å². The van der Waals surface area contributed by atoms with Gasteiger partial charge in [-0.3, -0.25) is 4.98 Å². The minimum absolute atomic E-state index is 0.142. The molecule has 0 radical (unpaired) electrons. The quantitative estimate of drug-likeness (QED) is 0.733. The van der Waals surface area contributed by atoms with E-state index in [4.69, 9.17) is 4.74 Å². The zero-order valence-electron chi connectivity index (χ0n) is 13.8. The molecule has 0 amide bonds. The van der Waals surface area contributed by atoms with Crippen LogP contribution in [0.3, 0.4) is 0 Å². The number of hydrogen-bond acceptors (Lipinski definition) is 7. The van der Waals surface area contributed by atoms with Gasteiger partial charge in [0.1, 0.15) is 5.60 Å². The van der Waals surface area contributed by atoms with Crippen molar-refractivity contribution in [2.75, 3.05) is 18.4 Å². The van der Waals surface area contributed by atoms with Gasteiger partial charge in [0.2, 0.25) is 11.8 Å². The average molecular weight is 354 g/mol. The number of hydrogen-bond donors (Lipinski definition) is 3. The van der Waals surface area contributed by atoms with Crippen molar-refractivity contribution in [2.45, 2.75) is 38.4 Å². The fraction of sp³-hybridized carbons (Fsp3) is 0.533. The minimum Gasteiger partial charge on any atom is -0.470 e. The SMILES string of the molecule is C[C@@]1(Oc2cncc(Nc3cc(OC(F)F)[nH]n3)n2)CCCNCC1. The maximum Gasteiger partial charge on any atom is 0.388 e. The van der Waals surface area contributed by atoms with Crippen molar-refractivity contribution >= 4 is 11.6 Å². The molecule has 1 aliphatic heterocycles. The molecule has 0 aromatic carbocycles. The van der Waals surface area contributed by atoms with Crippen molar-refractivity contribution in [3.8, 4) is 11.8 Å². The highest BCUT2D eigenvalue weighted by atomic mass is 19.3. The highest BCUT2D eigenvalue weighted by molar-refractivity contribution is 5.52. The molecule has 136 valence electrons. The van der Waals surface area contributed by atoms with Crippen LogP contribution in [0.1, 0.15) is 26.2 Å². The van der Waals surface area contributed by atoms with E-state index >= 15 is 0 Å². The number of aromatic amines is 1. The topological polar surface area (TPSA) is 97.0 Å². The lowest BCUT2D eigenvalue weighted by molar-refractivity contribution is -0.0528. The van der Waals surface area contributed by atoms with E-state index in [0.717, 1.165) is 32.4 Å². The zero-order valence-corrected chi connectivity index (χ0v) is 13.8. The van der Waals surface area contributed by atoms with Gasteiger partial charge in [0.05, 0.1) is 12.4 Å². The predicted octanol–water partition coefficient (Wildman–Crippen LogP) is 2.46. The first-order chi connectivity index (χ1) is 12.0. The molecule has 25 heavy (non-hydrogen) atoms. The van der Waals surface area contributed by atoms with E-state index in [1.165, 1.54) is 12.3 Å². The number of aromatic nitrogens is 4. The van der Waals surface area contributed by atoms with E-state index < -0.39 is 6.61 Å². The molecule has 2 aromatic rings. The number of anilines is 2. The summed E-state index contributed by atoms with van der Waals surface area (Å²) in [6, 6.07) is 1.31. The maximum absolute atomic E-state index is 12.2. The molecule has 1 atom stereocenters. The van der Waals surface area contributed by atoms with E-state index in [2.05, 4.69) is 42.5 Å². The van der Waals surface area contributed by atoms with Crippen LogP contribution in [0.15, 0.2) is 18.5 Å². The fourth-order valence-corrected chi connectivity index (χ4v) is 2.66. The van der Waals surface area contributed by atoms with Gasteiger partial charge in [-0.15, -0.1) is 0 Å². The van der Waals surface area contributed by atoms with Crippen molar-refractivity contribution in [1.29, 1.82) is 0 Å². The van der Waals surface area contributed by atoms with Crippen LogP contribution in [0, 0.1) is 0 Å². The standard InChI is InChI=1S/C15H20F2N6O2/c1-15(3-2-5-18-6-4-15)25-13-9-19-8-11(21-13)20-10-7-12(23-22-10)24-14(16)17/h7-9,14,18H,2-6H2,1H3,(H2,20,21,22,23)/t15-/m1/s1. The van der Waals surface area contributed by atoms with Gasteiger partial charge in [-0.25, -0.2) is 5.10 Å². The number of ether oxygens (including phenoxy) is 2. The average Bonchev–Trinajstić information content (AvgIpc) is 2.85. The summed E-state index contributed by atoms with van der Waals surface area (Å²) in [4.78, 5) is 8.45. The summed E-state index contributed by atoms with van der Waals surface area (Å²) in [6.07, 6.45) is 5.87. The Kier molecular flexibility index (Phi) is 5.27. The summed E-state index contributed by atoms with van der Waals surface area (Å²) < 4.78 is 34.6. The summed E-state index contributed by atoms with van der Waals surface area (Å²) >= 11 is 0. The predicted molar refractivity (Wildman–Crippen MR) is 86.3 cm³/mol.